The number of rotatable bonds is 3. The van der Waals surface area contributed by atoms with Crippen molar-refractivity contribution in [3.05, 3.63) is 52.7 Å². The third-order valence-electron chi connectivity index (χ3n) is 3.04. The topological polar surface area (TPSA) is 101 Å². The van der Waals surface area contributed by atoms with Gasteiger partial charge in [0, 0.05) is 11.4 Å². The molecule has 0 saturated heterocycles. The summed E-state index contributed by atoms with van der Waals surface area (Å²) in [7, 11) is 0. The molecule has 1 aromatic heterocycles. The Labute approximate surface area is 132 Å². The van der Waals surface area contributed by atoms with E-state index in [4.69, 9.17) is 15.8 Å². The molecule has 0 radical (unpaired) electrons. The van der Waals surface area contributed by atoms with Gasteiger partial charge in [-0.1, -0.05) is 0 Å². The second-order valence-electron chi connectivity index (χ2n) is 4.72. The van der Waals surface area contributed by atoms with Gasteiger partial charge in [0.05, 0.1) is 5.69 Å². The molecule has 1 N–H and O–H groups in total. The van der Waals surface area contributed by atoms with E-state index in [1.807, 2.05) is 19.9 Å². The van der Waals surface area contributed by atoms with E-state index in [9.17, 15) is 4.39 Å². The molecule has 0 aliphatic rings. The van der Waals surface area contributed by atoms with Crippen LogP contribution in [0.15, 0.2) is 35.5 Å². The molecule has 7 heteroatoms. The van der Waals surface area contributed by atoms with Crippen molar-refractivity contribution in [1.29, 1.82) is 15.8 Å². The molecule has 0 amide bonds. The lowest BCUT2D eigenvalue weighted by Gasteiger charge is -2.09. The highest BCUT2D eigenvalue weighted by atomic mass is 19.1. The third kappa shape index (κ3) is 3.18. The first kappa shape index (κ1) is 15.8. The minimum absolute atomic E-state index is 0.228. The van der Waals surface area contributed by atoms with Crippen molar-refractivity contribution in [2.45, 2.75) is 13.8 Å². The lowest BCUT2D eigenvalue weighted by atomic mass is 10.2. The van der Waals surface area contributed by atoms with Crippen molar-refractivity contribution in [3.63, 3.8) is 0 Å². The number of benzene rings is 1. The maximum absolute atomic E-state index is 14.3. The van der Waals surface area contributed by atoms with Gasteiger partial charge in [-0.15, -0.1) is 0 Å². The number of aryl methyl sites for hydroxylation is 2. The number of allylic oxidation sites excluding steroid dienone is 2. The summed E-state index contributed by atoms with van der Waals surface area (Å²) in [5.41, 5.74) is 1.49. The maximum atomic E-state index is 14.3. The molecule has 0 aliphatic carbocycles. The number of aromatic nitrogens is 2. The molecule has 112 valence electrons. The molecule has 23 heavy (non-hydrogen) atoms. The molecule has 0 atom stereocenters. The van der Waals surface area contributed by atoms with Crippen molar-refractivity contribution in [2.24, 2.45) is 0 Å². The zero-order chi connectivity index (χ0) is 17.0. The van der Waals surface area contributed by atoms with Crippen LogP contribution >= 0.6 is 0 Å². The maximum Gasteiger partial charge on any atom is 0.163 e. The highest BCUT2D eigenvalue weighted by Gasteiger charge is 2.11. The first-order valence-electron chi connectivity index (χ1n) is 6.55. The fourth-order valence-electron chi connectivity index (χ4n) is 2.06. The molecule has 1 aromatic carbocycles. The molecule has 0 fully saturated rings. The van der Waals surface area contributed by atoms with E-state index in [-0.39, 0.29) is 22.6 Å². The Morgan fingerprint density at radius 3 is 2.30 bits per heavy atom. The standard InChI is InChI=1S/C16H11FN6/c1-10-5-11(2)23(22-10)16-4-3-13(6-14(16)17)21-15(9-20)12(7-18)8-19/h3-6,21H,1-2H3. The van der Waals surface area contributed by atoms with Crippen LogP contribution in [0.2, 0.25) is 0 Å². The first-order valence-corrected chi connectivity index (χ1v) is 6.55. The van der Waals surface area contributed by atoms with Crippen molar-refractivity contribution >= 4 is 5.69 Å². The summed E-state index contributed by atoms with van der Waals surface area (Å²) in [5.74, 6) is -0.547. The third-order valence-corrected chi connectivity index (χ3v) is 3.04. The van der Waals surface area contributed by atoms with Gasteiger partial charge < -0.3 is 5.32 Å². The SMILES string of the molecule is Cc1cc(C)n(-c2ccc(NC(C#N)=C(C#N)C#N)cc2F)n1. The van der Waals surface area contributed by atoms with Gasteiger partial charge in [0.1, 0.15) is 29.6 Å². The smallest absolute Gasteiger partial charge is 0.163 e. The van der Waals surface area contributed by atoms with Gasteiger partial charge in [0.2, 0.25) is 0 Å². The summed E-state index contributed by atoms with van der Waals surface area (Å²) in [4.78, 5) is 0. The molecule has 1 heterocycles. The lowest BCUT2D eigenvalue weighted by molar-refractivity contribution is 0.608. The van der Waals surface area contributed by atoms with Crippen LogP contribution in [0, 0.1) is 53.7 Å². The summed E-state index contributed by atoms with van der Waals surface area (Å²) >= 11 is 0. The number of nitrogens with one attached hydrogen (secondary N) is 1. The van der Waals surface area contributed by atoms with Crippen molar-refractivity contribution in [3.8, 4) is 23.9 Å². The molecule has 0 aliphatic heterocycles. The van der Waals surface area contributed by atoms with Crippen LogP contribution in [-0.2, 0) is 0 Å². The number of halogens is 1. The summed E-state index contributed by atoms with van der Waals surface area (Å²) in [6.07, 6.45) is 0. The van der Waals surface area contributed by atoms with E-state index in [0.717, 1.165) is 11.4 Å². The Kier molecular flexibility index (Phi) is 4.40. The van der Waals surface area contributed by atoms with Crippen molar-refractivity contribution in [2.75, 3.05) is 5.32 Å². The molecule has 0 saturated carbocycles. The molecule has 2 aromatic rings. The van der Waals surface area contributed by atoms with E-state index in [0.29, 0.717) is 0 Å². The Morgan fingerprint density at radius 2 is 1.83 bits per heavy atom. The summed E-state index contributed by atoms with van der Waals surface area (Å²) in [6, 6.07) is 11.0. The quantitative estimate of drug-likeness (QED) is 0.878. The highest BCUT2D eigenvalue weighted by molar-refractivity contribution is 5.60. The van der Waals surface area contributed by atoms with Crippen LogP contribution in [-0.4, -0.2) is 9.78 Å². The monoisotopic (exact) mass is 306 g/mol. The Morgan fingerprint density at radius 1 is 1.13 bits per heavy atom. The minimum Gasteiger partial charge on any atom is -0.345 e. The van der Waals surface area contributed by atoms with Gasteiger partial charge in [0.25, 0.3) is 0 Å². The minimum atomic E-state index is -0.547. The molecule has 0 unspecified atom stereocenters. The Balaban J connectivity index is 2.40. The predicted molar refractivity (Wildman–Crippen MR) is 80.5 cm³/mol. The van der Waals surface area contributed by atoms with Gasteiger partial charge in [-0.2, -0.15) is 20.9 Å². The summed E-state index contributed by atoms with van der Waals surface area (Å²) in [5, 5.41) is 33.3. The van der Waals surface area contributed by atoms with Crippen molar-refractivity contribution in [1.82, 2.24) is 9.78 Å². The van der Waals surface area contributed by atoms with E-state index in [1.165, 1.54) is 16.8 Å². The lowest BCUT2D eigenvalue weighted by Crippen LogP contribution is -2.05. The number of nitrogens with zero attached hydrogens (tertiary/aromatic N) is 5. The van der Waals surface area contributed by atoms with Crippen LogP contribution in [0.1, 0.15) is 11.4 Å². The fraction of sp³-hybridized carbons (Fsp3) is 0.125. The average Bonchev–Trinajstić information content (AvgIpc) is 2.86. The Hall–Kier alpha value is -3.63. The molecule has 0 bridgehead atoms. The summed E-state index contributed by atoms with van der Waals surface area (Å²) < 4.78 is 15.8. The summed E-state index contributed by atoms with van der Waals surface area (Å²) in [6.45, 7) is 3.63. The Bertz CT molecular complexity index is 902. The van der Waals surface area contributed by atoms with E-state index in [1.54, 1.807) is 24.3 Å². The highest BCUT2D eigenvalue weighted by Crippen LogP contribution is 2.21. The van der Waals surface area contributed by atoms with Gasteiger partial charge >= 0.3 is 0 Å². The van der Waals surface area contributed by atoms with Gasteiger partial charge in [0.15, 0.2) is 11.4 Å². The van der Waals surface area contributed by atoms with Crippen LogP contribution in [0.3, 0.4) is 0 Å². The second kappa shape index (κ2) is 6.43. The zero-order valence-corrected chi connectivity index (χ0v) is 12.4. The van der Waals surface area contributed by atoms with Crippen LogP contribution in [0.5, 0.6) is 0 Å². The van der Waals surface area contributed by atoms with Crippen LogP contribution in [0.25, 0.3) is 5.69 Å². The molecule has 2 rings (SSSR count). The van der Waals surface area contributed by atoms with E-state index >= 15 is 0 Å². The fourth-order valence-corrected chi connectivity index (χ4v) is 2.06. The van der Waals surface area contributed by atoms with E-state index in [2.05, 4.69) is 10.4 Å². The number of nitriles is 3. The van der Waals surface area contributed by atoms with Gasteiger partial charge in [-0.05, 0) is 38.1 Å². The largest absolute Gasteiger partial charge is 0.345 e. The van der Waals surface area contributed by atoms with Crippen LogP contribution < -0.4 is 5.32 Å². The average molecular weight is 306 g/mol. The number of hydrogen-bond donors (Lipinski definition) is 1. The zero-order valence-electron chi connectivity index (χ0n) is 12.4. The molecular weight excluding hydrogens is 295 g/mol. The molecule has 0 spiro atoms. The van der Waals surface area contributed by atoms with Crippen LogP contribution in [0.4, 0.5) is 10.1 Å². The van der Waals surface area contributed by atoms with Gasteiger partial charge in [-0.25, -0.2) is 9.07 Å². The first-order chi connectivity index (χ1) is 11.0. The normalized spacial score (nSPS) is 9.39. The number of hydrogen-bond acceptors (Lipinski definition) is 5. The van der Waals surface area contributed by atoms with Crippen molar-refractivity contribution < 1.29 is 4.39 Å². The van der Waals surface area contributed by atoms with Gasteiger partial charge in [-0.3, -0.25) is 0 Å². The molecular formula is C16H11FN6. The van der Waals surface area contributed by atoms with E-state index < -0.39 is 5.82 Å². The number of anilines is 1. The molecule has 6 nitrogen and oxygen atoms in total. The second-order valence-corrected chi connectivity index (χ2v) is 4.72. The predicted octanol–water partition coefficient (Wildman–Crippen LogP) is 2.86.